The summed E-state index contributed by atoms with van der Waals surface area (Å²) in [6.07, 6.45) is 5.46. The average Bonchev–Trinajstić information content (AvgIpc) is 2.93. The third-order valence-electron chi connectivity index (χ3n) is 3.06. The minimum atomic E-state index is 0.000651. The fourth-order valence-electron chi connectivity index (χ4n) is 2.06. The molecule has 0 aromatic carbocycles. The second-order valence-corrected chi connectivity index (χ2v) is 5.30. The highest BCUT2D eigenvalue weighted by molar-refractivity contribution is 7.10. The lowest BCUT2D eigenvalue weighted by Gasteiger charge is -2.26. The van der Waals surface area contributed by atoms with Crippen LogP contribution in [-0.2, 0) is 17.8 Å². The molecule has 98 valence electrons. The average molecular weight is 275 g/mol. The van der Waals surface area contributed by atoms with Crippen LogP contribution in [0.3, 0.4) is 0 Å². The van der Waals surface area contributed by atoms with E-state index in [1.807, 2.05) is 4.90 Å². The fraction of sp³-hybridized carbons (Fsp3) is 0.308. The van der Waals surface area contributed by atoms with Crippen LogP contribution in [-0.4, -0.2) is 33.9 Å². The molecule has 19 heavy (non-hydrogen) atoms. The van der Waals surface area contributed by atoms with Gasteiger partial charge in [0.15, 0.2) is 12.4 Å². The first kappa shape index (κ1) is 12.1. The zero-order valence-corrected chi connectivity index (χ0v) is 11.1. The van der Waals surface area contributed by atoms with Gasteiger partial charge in [0.1, 0.15) is 6.33 Å². The molecule has 3 rings (SSSR count). The van der Waals surface area contributed by atoms with E-state index in [1.54, 1.807) is 23.7 Å². The summed E-state index contributed by atoms with van der Waals surface area (Å²) in [5.41, 5.74) is 1.26. The Kier molecular flexibility index (Phi) is 3.41. The maximum atomic E-state index is 12.1. The molecule has 3 heterocycles. The molecule has 0 radical (unpaired) electrons. The molecule has 5 nitrogen and oxygen atoms in total. The number of hydrogen-bond donors (Lipinski definition) is 0. The summed E-state index contributed by atoms with van der Waals surface area (Å²) in [6.45, 7) is 1.49. The smallest absolute Gasteiger partial charge is 0.260 e. The van der Waals surface area contributed by atoms with E-state index in [2.05, 4.69) is 21.4 Å². The van der Waals surface area contributed by atoms with E-state index >= 15 is 0 Å². The van der Waals surface area contributed by atoms with Crippen LogP contribution in [0.15, 0.2) is 30.2 Å². The quantitative estimate of drug-likeness (QED) is 0.852. The first-order chi connectivity index (χ1) is 9.33. The topological polar surface area (TPSA) is 55.3 Å². The number of amides is 1. The number of fused-ring (bicyclic) bond motifs is 1. The molecule has 0 atom stereocenters. The molecular formula is C13H13N3O2S. The van der Waals surface area contributed by atoms with Gasteiger partial charge < -0.3 is 9.64 Å². The number of rotatable bonds is 3. The molecule has 0 unspecified atom stereocenters. The summed E-state index contributed by atoms with van der Waals surface area (Å²) in [5.74, 6) is 0.518. The van der Waals surface area contributed by atoms with Gasteiger partial charge in [-0.15, -0.1) is 11.3 Å². The van der Waals surface area contributed by atoms with Crippen molar-refractivity contribution in [2.75, 3.05) is 13.2 Å². The highest BCUT2D eigenvalue weighted by Gasteiger charge is 2.21. The molecule has 0 saturated carbocycles. The molecule has 0 aliphatic carbocycles. The van der Waals surface area contributed by atoms with E-state index in [9.17, 15) is 4.79 Å². The number of aromatic nitrogens is 2. The second-order valence-electron chi connectivity index (χ2n) is 4.30. The number of nitrogens with zero attached hydrogens (tertiary/aromatic N) is 3. The number of carbonyl (C=O) groups excluding carboxylic acids is 1. The highest BCUT2D eigenvalue weighted by atomic mass is 32.1. The Labute approximate surface area is 114 Å². The Morgan fingerprint density at radius 2 is 2.26 bits per heavy atom. The molecule has 0 saturated heterocycles. The van der Waals surface area contributed by atoms with Gasteiger partial charge >= 0.3 is 0 Å². The van der Waals surface area contributed by atoms with Crippen LogP contribution in [0.25, 0.3) is 0 Å². The van der Waals surface area contributed by atoms with E-state index in [0.29, 0.717) is 12.3 Å². The molecule has 0 fully saturated rings. The molecular weight excluding hydrogens is 262 g/mol. The Balaban J connectivity index is 1.57. The zero-order chi connectivity index (χ0) is 13.1. The maximum Gasteiger partial charge on any atom is 0.260 e. The summed E-state index contributed by atoms with van der Waals surface area (Å²) in [6, 6.07) is 2.09. The van der Waals surface area contributed by atoms with E-state index in [4.69, 9.17) is 4.74 Å². The summed E-state index contributed by atoms with van der Waals surface area (Å²) in [4.78, 5) is 23.0. The van der Waals surface area contributed by atoms with Crippen molar-refractivity contribution in [3.63, 3.8) is 0 Å². The largest absolute Gasteiger partial charge is 0.481 e. The predicted molar refractivity (Wildman–Crippen MR) is 71.0 cm³/mol. The van der Waals surface area contributed by atoms with Crippen molar-refractivity contribution in [1.82, 2.24) is 14.9 Å². The SMILES string of the molecule is O=C(COc1cncnc1)N1CCc2sccc2C1. The van der Waals surface area contributed by atoms with Crippen molar-refractivity contribution in [3.8, 4) is 5.75 Å². The number of hydrogen-bond acceptors (Lipinski definition) is 5. The van der Waals surface area contributed by atoms with Crippen LogP contribution in [0.2, 0.25) is 0 Å². The first-order valence-electron chi connectivity index (χ1n) is 6.04. The summed E-state index contributed by atoms with van der Waals surface area (Å²) >= 11 is 1.76. The highest BCUT2D eigenvalue weighted by Crippen LogP contribution is 2.23. The van der Waals surface area contributed by atoms with E-state index in [-0.39, 0.29) is 12.5 Å². The Morgan fingerprint density at radius 1 is 1.42 bits per heavy atom. The lowest BCUT2D eigenvalue weighted by Crippen LogP contribution is -2.38. The van der Waals surface area contributed by atoms with E-state index in [1.165, 1.54) is 16.8 Å². The third-order valence-corrected chi connectivity index (χ3v) is 4.08. The van der Waals surface area contributed by atoms with Crippen molar-refractivity contribution in [2.45, 2.75) is 13.0 Å². The lowest BCUT2D eigenvalue weighted by atomic mass is 10.1. The van der Waals surface area contributed by atoms with Crippen molar-refractivity contribution >= 4 is 17.2 Å². The summed E-state index contributed by atoms with van der Waals surface area (Å²) in [7, 11) is 0. The number of carbonyl (C=O) groups is 1. The molecule has 6 heteroatoms. The monoisotopic (exact) mass is 275 g/mol. The molecule has 2 aromatic heterocycles. The number of ether oxygens (including phenoxy) is 1. The van der Waals surface area contributed by atoms with Crippen LogP contribution in [0.1, 0.15) is 10.4 Å². The second kappa shape index (κ2) is 5.36. The van der Waals surface area contributed by atoms with Gasteiger partial charge in [-0.2, -0.15) is 0 Å². The van der Waals surface area contributed by atoms with Gasteiger partial charge in [0, 0.05) is 18.0 Å². The van der Waals surface area contributed by atoms with Gasteiger partial charge in [0.05, 0.1) is 12.4 Å². The zero-order valence-electron chi connectivity index (χ0n) is 10.3. The third kappa shape index (κ3) is 2.73. The molecule has 1 amide bonds. The van der Waals surface area contributed by atoms with Gasteiger partial charge in [0.2, 0.25) is 0 Å². The van der Waals surface area contributed by atoms with Crippen LogP contribution >= 0.6 is 11.3 Å². The summed E-state index contributed by atoms with van der Waals surface area (Å²) < 4.78 is 5.38. The van der Waals surface area contributed by atoms with E-state index < -0.39 is 0 Å². The van der Waals surface area contributed by atoms with Crippen molar-refractivity contribution in [1.29, 1.82) is 0 Å². The Bertz CT molecular complexity index is 570. The minimum absolute atomic E-state index is 0.000651. The first-order valence-corrected chi connectivity index (χ1v) is 6.92. The van der Waals surface area contributed by atoms with Crippen LogP contribution < -0.4 is 4.74 Å². The Hall–Kier alpha value is -1.95. The van der Waals surface area contributed by atoms with Gasteiger partial charge in [-0.1, -0.05) is 0 Å². The predicted octanol–water partition coefficient (Wildman–Crippen LogP) is 1.50. The van der Waals surface area contributed by atoms with Crippen LogP contribution in [0.5, 0.6) is 5.75 Å². The molecule has 1 aliphatic heterocycles. The Morgan fingerprint density at radius 3 is 3.11 bits per heavy atom. The lowest BCUT2D eigenvalue weighted by molar-refractivity contribution is -0.134. The maximum absolute atomic E-state index is 12.1. The van der Waals surface area contributed by atoms with Crippen molar-refractivity contribution in [2.24, 2.45) is 0 Å². The van der Waals surface area contributed by atoms with E-state index in [0.717, 1.165) is 13.0 Å². The minimum Gasteiger partial charge on any atom is -0.481 e. The van der Waals surface area contributed by atoms with Crippen molar-refractivity contribution < 1.29 is 9.53 Å². The van der Waals surface area contributed by atoms with Gasteiger partial charge in [0.25, 0.3) is 5.91 Å². The molecule has 0 N–H and O–H groups in total. The fourth-order valence-corrected chi connectivity index (χ4v) is 2.95. The summed E-state index contributed by atoms with van der Waals surface area (Å²) in [5, 5.41) is 2.08. The van der Waals surface area contributed by atoms with Crippen LogP contribution in [0.4, 0.5) is 0 Å². The van der Waals surface area contributed by atoms with Gasteiger partial charge in [-0.05, 0) is 23.4 Å². The molecule has 2 aromatic rings. The molecule has 0 spiro atoms. The molecule has 1 aliphatic rings. The van der Waals surface area contributed by atoms with Crippen molar-refractivity contribution in [3.05, 3.63) is 40.6 Å². The normalized spacial score (nSPS) is 14.0. The standard InChI is InChI=1S/C13H13N3O2S/c17-13(8-18-11-5-14-9-15-6-11)16-3-1-12-10(7-16)2-4-19-12/h2,4-6,9H,1,3,7-8H2. The van der Waals surface area contributed by atoms with Gasteiger partial charge in [-0.25, -0.2) is 9.97 Å². The van der Waals surface area contributed by atoms with Crippen LogP contribution in [0, 0.1) is 0 Å². The molecule has 0 bridgehead atoms. The van der Waals surface area contributed by atoms with Gasteiger partial charge in [-0.3, -0.25) is 4.79 Å². The number of thiophene rings is 1.